The van der Waals surface area contributed by atoms with Crippen LogP contribution in [-0.4, -0.2) is 6.54 Å². The van der Waals surface area contributed by atoms with E-state index in [1.54, 1.807) is 6.07 Å². The SMILES string of the molecule is CCNC(Cc1ccc(Cl)s1)c1ccc(F)c(F)c1Br. The molecular formula is C14H13BrClF2NS. The van der Waals surface area contributed by atoms with Crippen LogP contribution < -0.4 is 5.32 Å². The van der Waals surface area contributed by atoms with E-state index >= 15 is 0 Å². The summed E-state index contributed by atoms with van der Waals surface area (Å²) in [6.07, 6.45) is 0.675. The van der Waals surface area contributed by atoms with Crippen LogP contribution in [0, 0.1) is 11.6 Å². The fourth-order valence-electron chi connectivity index (χ4n) is 2.01. The number of rotatable bonds is 5. The summed E-state index contributed by atoms with van der Waals surface area (Å²) in [5, 5.41) is 3.29. The molecule has 1 aromatic heterocycles. The summed E-state index contributed by atoms with van der Waals surface area (Å²) in [4.78, 5) is 1.09. The van der Waals surface area contributed by atoms with E-state index in [1.807, 2.05) is 19.1 Å². The minimum atomic E-state index is -0.852. The summed E-state index contributed by atoms with van der Waals surface area (Å²) in [5.41, 5.74) is 0.704. The molecule has 0 fully saturated rings. The standard InChI is InChI=1S/C14H13BrClF2NS/c1-2-19-11(7-8-3-6-12(16)20-8)9-4-5-10(17)14(18)13(9)15/h3-6,11,19H,2,7H2,1H3. The van der Waals surface area contributed by atoms with Gasteiger partial charge < -0.3 is 5.32 Å². The van der Waals surface area contributed by atoms with Gasteiger partial charge >= 0.3 is 0 Å². The van der Waals surface area contributed by atoms with Crippen LogP contribution in [0.3, 0.4) is 0 Å². The number of nitrogens with one attached hydrogen (secondary N) is 1. The molecule has 0 bridgehead atoms. The van der Waals surface area contributed by atoms with E-state index in [2.05, 4.69) is 21.2 Å². The van der Waals surface area contributed by atoms with Gasteiger partial charge in [0.05, 0.1) is 8.81 Å². The third-order valence-corrected chi connectivity index (χ3v) is 4.98. The van der Waals surface area contributed by atoms with Crippen LogP contribution in [0.25, 0.3) is 0 Å². The predicted octanol–water partition coefficient (Wildman–Crippen LogP) is 5.34. The molecule has 1 nitrogen and oxygen atoms in total. The Balaban J connectivity index is 2.31. The van der Waals surface area contributed by atoms with Crippen molar-refractivity contribution in [2.45, 2.75) is 19.4 Å². The molecule has 0 saturated carbocycles. The third kappa shape index (κ3) is 3.58. The molecule has 1 atom stereocenters. The van der Waals surface area contributed by atoms with E-state index < -0.39 is 11.6 Å². The summed E-state index contributed by atoms with van der Waals surface area (Å²) in [6, 6.07) is 6.45. The average Bonchev–Trinajstić information content (AvgIpc) is 2.81. The molecule has 1 N–H and O–H groups in total. The molecule has 2 aromatic rings. The van der Waals surface area contributed by atoms with Crippen LogP contribution in [0.5, 0.6) is 0 Å². The molecule has 0 aliphatic heterocycles. The Hall–Kier alpha value is -0.490. The van der Waals surface area contributed by atoms with Crippen LogP contribution in [0.4, 0.5) is 8.78 Å². The van der Waals surface area contributed by atoms with E-state index in [1.165, 1.54) is 11.3 Å². The highest BCUT2D eigenvalue weighted by Gasteiger charge is 2.19. The first-order valence-electron chi connectivity index (χ1n) is 6.14. The van der Waals surface area contributed by atoms with Crippen molar-refractivity contribution in [3.8, 4) is 0 Å². The minimum absolute atomic E-state index is 0.0980. The average molecular weight is 381 g/mol. The highest BCUT2D eigenvalue weighted by molar-refractivity contribution is 9.10. The van der Waals surface area contributed by atoms with Crippen molar-refractivity contribution < 1.29 is 8.78 Å². The quantitative estimate of drug-likeness (QED) is 0.691. The molecule has 0 aliphatic rings. The van der Waals surface area contributed by atoms with Gasteiger partial charge in [0, 0.05) is 17.3 Å². The number of benzene rings is 1. The fourth-order valence-corrected chi connectivity index (χ4v) is 3.74. The molecule has 6 heteroatoms. The fraction of sp³-hybridized carbons (Fsp3) is 0.286. The molecule has 0 saturated heterocycles. The molecule has 0 amide bonds. The second-order valence-corrected chi connectivity index (χ2v) is 6.88. The predicted molar refractivity (Wildman–Crippen MR) is 83.5 cm³/mol. The summed E-state index contributed by atoms with van der Waals surface area (Å²) in [6.45, 7) is 2.71. The first-order chi connectivity index (χ1) is 9.52. The number of hydrogen-bond acceptors (Lipinski definition) is 2. The molecule has 20 heavy (non-hydrogen) atoms. The van der Waals surface area contributed by atoms with Crippen molar-refractivity contribution in [1.82, 2.24) is 5.32 Å². The van der Waals surface area contributed by atoms with Gasteiger partial charge in [0.15, 0.2) is 11.6 Å². The van der Waals surface area contributed by atoms with Crippen molar-refractivity contribution in [3.05, 3.63) is 55.1 Å². The Morgan fingerprint density at radius 3 is 2.65 bits per heavy atom. The maximum Gasteiger partial charge on any atom is 0.173 e. The van der Waals surface area contributed by atoms with Gasteiger partial charge in [-0.2, -0.15) is 0 Å². The molecule has 1 aromatic carbocycles. The van der Waals surface area contributed by atoms with Gasteiger partial charge in [0.25, 0.3) is 0 Å². The molecule has 108 valence electrons. The van der Waals surface area contributed by atoms with E-state index in [4.69, 9.17) is 11.6 Å². The lowest BCUT2D eigenvalue weighted by molar-refractivity contribution is 0.491. The topological polar surface area (TPSA) is 12.0 Å². The summed E-state index contributed by atoms with van der Waals surface area (Å²) < 4.78 is 27.8. The lowest BCUT2D eigenvalue weighted by Crippen LogP contribution is -2.23. The Labute approximate surface area is 134 Å². The molecule has 1 heterocycles. The summed E-state index contributed by atoms with van der Waals surface area (Å²) in [7, 11) is 0. The number of likely N-dealkylation sites (N-methyl/N-ethyl adjacent to an activating group) is 1. The van der Waals surface area contributed by atoms with E-state index in [-0.39, 0.29) is 10.5 Å². The smallest absolute Gasteiger partial charge is 0.173 e. The van der Waals surface area contributed by atoms with Crippen molar-refractivity contribution in [2.75, 3.05) is 6.54 Å². The zero-order valence-electron chi connectivity index (χ0n) is 10.7. The van der Waals surface area contributed by atoms with Gasteiger partial charge in [-0.15, -0.1) is 11.3 Å². The molecule has 1 unspecified atom stereocenters. The van der Waals surface area contributed by atoms with E-state index in [0.29, 0.717) is 12.0 Å². The molecule has 0 aliphatic carbocycles. The molecule has 0 spiro atoms. The third-order valence-electron chi connectivity index (χ3n) is 2.93. The van der Waals surface area contributed by atoms with Crippen LogP contribution in [0.2, 0.25) is 4.34 Å². The van der Waals surface area contributed by atoms with Crippen molar-refractivity contribution >= 4 is 38.9 Å². The van der Waals surface area contributed by atoms with Gasteiger partial charge in [-0.3, -0.25) is 0 Å². The minimum Gasteiger partial charge on any atom is -0.310 e. The second-order valence-electron chi connectivity index (χ2n) is 4.28. The van der Waals surface area contributed by atoms with Crippen molar-refractivity contribution in [2.24, 2.45) is 0 Å². The number of halogens is 4. The molecule has 2 rings (SSSR count). The second kappa shape index (κ2) is 6.98. The monoisotopic (exact) mass is 379 g/mol. The van der Waals surface area contributed by atoms with Gasteiger partial charge in [0.2, 0.25) is 0 Å². The van der Waals surface area contributed by atoms with Crippen LogP contribution in [0.1, 0.15) is 23.4 Å². The van der Waals surface area contributed by atoms with Crippen LogP contribution >= 0.6 is 38.9 Å². The first-order valence-corrected chi connectivity index (χ1v) is 8.12. The van der Waals surface area contributed by atoms with Crippen LogP contribution in [0.15, 0.2) is 28.7 Å². The maximum atomic E-state index is 13.7. The van der Waals surface area contributed by atoms with Crippen LogP contribution in [-0.2, 0) is 6.42 Å². The van der Waals surface area contributed by atoms with Crippen molar-refractivity contribution in [3.63, 3.8) is 0 Å². The Morgan fingerprint density at radius 1 is 1.30 bits per heavy atom. The summed E-state index contributed by atoms with van der Waals surface area (Å²) >= 11 is 10.6. The lowest BCUT2D eigenvalue weighted by Gasteiger charge is -2.19. The molecular weight excluding hydrogens is 368 g/mol. The van der Waals surface area contributed by atoms with Crippen molar-refractivity contribution in [1.29, 1.82) is 0 Å². The Kier molecular flexibility index (Phi) is 5.55. The Bertz CT molecular complexity index is 603. The maximum absolute atomic E-state index is 13.7. The number of thiophene rings is 1. The highest BCUT2D eigenvalue weighted by atomic mass is 79.9. The zero-order valence-corrected chi connectivity index (χ0v) is 13.9. The first kappa shape index (κ1) is 15.9. The highest BCUT2D eigenvalue weighted by Crippen LogP contribution is 2.32. The van der Waals surface area contributed by atoms with E-state index in [9.17, 15) is 8.78 Å². The number of hydrogen-bond donors (Lipinski definition) is 1. The normalized spacial score (nSPS) is 12.7. The largest absolute Gasteiger partial charge is 0.310 e. The summed E-state index contributed by atoms with van der Waals surface area (Å²) in [5.74, 6) is -1.70. The Morgan fingerprint density at radius 2 is 2.05 bits per heavy atom. The zero-order chi connectivity index (χ0) is 14.7. The molecule has 0 radical (unpaired) electrons. The lowest BCUT2D eigenvalue weighted by atomic mass is 10.0. The van der Waals surface area contributed by atoms with Gasteiger partial charge in [-0.1, -0.05) is 24.6 Å². The van der Waals surface area contributed by atoms with Gasteiger partial charge in [-0.25, -0.2) is 8.78 Å². The van der Waals surface area contributed by atoms with Gasteiger partial charge in [-0.05, 0) is 46.2 Å². The van der Waals surface area contributed by atoms with Gasteiger partial charge in [0.1, 0.15) is 0 Å². The van der Waals surface area contributed by atoms with E-state index in [0.717, 1.165) is 21.8 Å².